The van der Waals surface area contributed by atoms with Gasteiger partial charge in [0, 0.05) is 18.9 Å². The van der Waals surface area contributed by atoms with Crippen LogP contribution in [0.2, 0.25) is 0 Å². The van der Waals surface area contributed by atoms with Crippen molar-refractivity contribution in [3.05, 3.63) is 60.8 Å². The average molecular weight is 403 g/mol. The van der Waals surface area contributed by atoms with E-state index in [1.807, 2.05) is 19.1 Å². The SMILES string of the molecule is C[C@@H]1CCC/C=C/CCC(=O)C[C@@H](O)CC=CC=C[C@@H](O)C/C=C/C=CC(=O)O1. The second kappa shape index (κ2) is 15.7. The van der Waals surface area contributed by atoms with Gasteiger partial charge in [-0.15, -0.1) is 0 Å². The predicted octanol–water partition coefficient (Wildman–Crippen LogP) is 4.12. The van der Waals surface area contributed by atoms with Gasteiger partial charge in [-0.3, -0.25) is 4.79 Å². The molecule has 5 nitrogen and oxygen atoms in total. The fourth-order valence-electron chi connectivity index (χ4n) is 2.76. The van der Waals surface area contributed by atoms with E-state index >= 15 is 0 Å². The lowest BCUT2D eigenvalue weighted by molar-refractivity contribution is -0.142. The van der Waals surface area contributed by atoms with Crippen LogP contribution in [-0.4, -0.2) is 40.3 Å². The van der Waals surface area contributed by atoms with Crippen LogP contribution in [-0.2, 0) is 14.3 Å². The zero-order chi connectivity index (χ0) is 21.3. The molecule has 0 amide bonds. The minimum atomic E-state index is -0.675. The topological polar surface area (TPSA) is 83.8 Å². The Morgan fingerprint density at radius 1 is 0.931 bits per heavy atom. The Morgan fingerprint density at radius 2 is 1.66 bits per heavy atom. The maximum Gasteiger partial charge on any atom is 0.331 e. The van der Waals surface area contributed by atoms with Gasteiger partial charge < -0.3 is 14.9 Å². The van der Waals surface area contributed by atoms with Gasteiger partial charge in [-0.2, -0.15) is 0 Å². The fourth-order valence-corrected chi connectivity index (χ4v) is 2.76. The van der Waals surface area contributed by atoms with Crippen LogP contribution in [0.5, 0.6) is 0 Å². The maximum absolute atomic E-state index is 11.9. The quantitative estimate of drug-likeness (QED) is 0.470. The summed E-state index contributed by atoms with van der Waals surface area (Å²) in [6, 6.07) is 0. The van der Waals surface area contributed by atoms with Crippen LogP contribution in [0.15, 0.2) is 60.8 Å². The Kier molecular flexibility index (Phi) is 13.4. The standard InChI is InChI=1S/C24H34O5/c1-20-13-7-3-2-4-8-16-22(26)19-23(27)17-11-5-9-14-21(25)15-10-6-12-18-24(28)29-20/h2,4-6,9-12,14,18,20-21,23,25,27H,3,7-8,13,15-17,19H2,1H3/b4-2+,10-6+,11-5?,14-9?,18-12?/t20-,21-,23+/m1/s1. The third kappa shape index (κ3) is 14.4. The van der Waals surface area contributed by atoms with E-state index in [9.17, 15) is 19.8 Å². The van der Waals surface area contributed by atoms with Crippen LogP contribution in [0.25, 0.3) is 0 Å². The van der Waals surface area contributed by atoms with Crippen LogP contribution >= 0.6 is 0 Å². The minimum Gasteiger partial charge on any atom is -0.460 e. The van der Waals surface area contributed by atoms with E-state index in [1.54, 1.807) is 42.5 Å². The molecule has 3 atom stereocenters. The van der Waals surface area contributed by atoms with E-state index in [4.69, 9.17) is 4.74 Å². The number of aliphatic hydroxyl groups is 2. The Balaban J connectivity index is 2.61. The molecule has 0 aliphatic carbocycles. The number of esters is 1. The summed E-state index contributed by atoms with van der Waals surface area (Å²) in [6.45, 7) is 1.87. The van der Waals surface area contributed by atoms with Gasteiger partial charge >= 0.3 is 5.97 Å². The van der Waals surface area contributed by atoms with E-state index in [-0.39, 0.29) is 24.3 Å². The summed E-state index contributed by atoms with van der Waals surface area (Å²) < 4.78 is 5.31. The molecular formula is C24H34O5. The monoisotopic (exact) mass is 402 g/mol. The number of Topliss-reactive ketones (excluding diaryl/α,β-unsaturated/α-hetero) is 1. The molecular weight excluding hydrogens is 368 g/mol. The third-order valence-electron chi connectivity index (χ3n) is 4.36. The van der Waals surface area contributed by atoms with Crippen molar-refractivity contribution < 1.29 is 24.5 Å². The average Bonchev–Trinajstić information content (AvgIpc) is 2.65. The van der Waals surface area contributed by atoms with Crippen LogP contribution in [0, 0.1) is 0 Å². The molecule has 29 heavy (non-hydrogen) atoms. The fraction of sp³-hybridized carbons (Fsp3) is 0.500. The first kappa shape index (κ1) is 24.8. The van der Waals surface area contributed by atoms with E-state index < -0.39 is 12.2 Å². The number of hydrogen-bond acceptors (Lipinski definition) is 5. The smallest absolute Gasteiger partial charge is 0.331 e. The largest absolute Gasteiger partial charge is 0.460 e. The zero-order valence-corrected chi connectivity index (χ0v) is 17.3. The van der Waals surface area contributed by atoms with Gasteiger partial charge in [0.05, 0.1) is 18.3 Å². The molecule has 0 saturated heterocycles. The number of ether oxygens (including phenoxy) is 1. The predicted molar refractivity (Wildman–Crippen MR) is 115 cm³/mol. The summed E-state index contributed by atoms with van der Waals surface area (Å²) in [6.07, 6.45) is 20.5. The van der Waals surface area contributed by atoms with Gasteiger partial charge in [-0.1, -0.05) is 54.7 Å². The molecule has 0 unspecified atom stereocenters. The number of carbonyl (C=O) groups is 2. The molecule has 0 fully saturated rings. The Bertz CT molecular complexity index is 627. The van der Waals surface area contributed by atoms with Crippen LogP contribution in [0.3, 0.4) is 0 Å². The molecule has 1 heterocycles. The van der Waals surface area contributed by atoms with Crippen LogP contribution in [0.1, 0.15) is 58.3 Å². The molecule has 0 spiro atoms. The Labute approximate surface area is 174 Å². The highest BCUT2D eigenvalue weighted by Crippen LogP contribution is 2.08. The molecule has 160 valence electrons. The van der Waals surface area contributed by atoms with Crippen molar-refractivity contribution in [2.24, 2.45) is 0 Å². The summed E-state index contributed by atoms with van der Waals surface area (Å²) >= 11 is 0. The Morgan fingerprint density at radius 3 is 2.48 bits per heavy atom. The van der Waals surface area contributed by atoms with Crippen molar-refractivity contribution in [2.45, 2.75) is 76.6 Å². The van der Waals surface area contributed by atoms with E-state index in [0.717, 1.165) is 19.3 Å². The number of rotatable bonds is 0. The first-order valence-corrected chi connectivity index (χ1v) is 10.4. The van der Waals surface area contributed by atoms with Crippen molar-refractivity contribution in [3.8, 4) is 0 Å². The number of hydrogen-bond donors (Lipinski definition) is 2. The third-order valence-corrected chi connectivity index (χ3v) is 4.36. The van der Waals surface area contributed by atoms with Gasteiger partial charge in [0.1, 0.15) is 5.78 Å². The van der Waals surface area contributed by atoms with Gasteiger partial charge in [-0.25, -0.2) is 4.79 Å². The molecule has 5 heteroatoms. The molecule has 2 N–H and O–H groups in total. The molecule has 1 aliphatic rings. The van der Waals surface area contributed by atoms with E-state index in [0.29, 0.717) is 25.7 Å². The summed E-state index contributed by atoms with van der Waals surface area (Å²) in [5.74, 6) is -0.324. The normalized spacial score (nSPS) is 29.0. The molecule has 0 radical (unpaired) electrons. The van der Waals surface area contributed by atoms with Crippen molar-refractivity contribution >= 4 is 11.8 Å². The highest BCUT2D eigenvalue weighted by Gasteiger charge is 2.09. The maximum atomic E-state index is 11.9. The molecule has 0 aromatic carbocycles. The second-order valence-electron chi connectivity index (χ2n) is 7.22. The van der Waals surface area contributed by atoms with Gasteiger partial charge in [0.2, 0.25) is 0 Å². The van der Waals surface area contributed by atoms with Crippen LogP contribution < -0.4 is 0 Å². The minimum absolute atomic E-state index is 0.0522. The molecule has 1 aliphatic heterocycles. The van der Waals surface area contributed by atoms with Gasteiger partial charge in [-0.05, 0) is 45.4 Å². The lowest BCUT2D eigenvalue weighted by Gasteiger charge is -2.10. The highest BCUT2D eigenvalue weighted by molar-refractivity contribution is 5.82. The molecule has 0 saturated carbocycles. The van der Waals surface area contributed by atoms with Crippen molar-refractivity contribution in [1.29, 1.82) is 0 Å². The Hall–Kier alpha value is -2.24. The first-order chi connectivity index (χ1) is 14.0. The number of carbonyl (C=O) groups excluding carboxylic acids is 2. The summed E-state index contributed by atoms with van der Waals surface area (Å²) in [7, 11) is 0. The van der Waals surface area contributed by atoms with E-state index in [2.05, 4.69) is 0 Å². The second-order valence-corrected chi connectivity index (χ2v) is 7.22. The summed E-state index contributed by atoms with van der Waals surface area (Å²) in [5.41, 5.74) is 0. The van der Waals surface area contributed by atoms with Crippen LogP contribution in [0.4, 0.5) is 0 Å². The lowest BCUT2D eigenvalue weighted by Crippen LogP contribution is -2.12. The highest BCUT2D eigenvalue weighted by atomic mass is 16.5. The number of allylic oxidation sites excluding steroid dienone is 6. The molecule has 0 aromatic rings. The summed E-state index contributed by atoms with van der Waals surface area (Å²) in [4.78, 5) is 23.6. The lowest BCUT2D eigenvalue weighted by atomic mass is 10.1. The zero-order valence-electron chi connectivity index (χ0n) is 17.3. The van der Waals surface area contributed by atoms with Gasteiger partial charge in [0.15, 0.2) is 0 Å². The number of cyclic esters (lactones) is 1. The van der Waals surface area contributed by atoms with Crippen molar-refractivity contribution in [3.63, 3.8) is 0 Å². The first-order valence-electron chi connectivity index (χ1n) is 10.4. The van der Waals surface area contributed by atoms with Gasteiger partial charge in [0.25, 0.3) is 0 Å². The molecule has 1 rings (SSSR count). The van der Waals surface area contributed by atoms with Crippen molar-refractivity contribution in [2.75, 3.05) is 0 Å². The summed E-state index contributed by atoms with van der Waals surface area (Å²) in [5, 5.41) is 19.8. The molecule has 0 aromatic heterocycles. The van der Waals surface area contributed by atoms with Crippen molar-refractivity contribution in [1.82, 2.24) is 0 Å². The number of aliphatic hydroxyl groups excluding tert-OH is 2. The van der Waals surface area contributed by atoms with E-state index in [1.165, 1.54) is 6.08 Å². The number of ketones is 1. The molecule has 0 bridgehead atoms.